The summed E-state index contributed by atoms with van der Waals surface area (Å²) >= 11 is 7.50. The van der Waals surface area contributed by atoms with Gasteiger partial charge in [-0.3, -0.25) is 9.59 Å². The molecule has 3 aromatic rings. The van der Waals surface area contributed by atoms with Crippen LogP contribution in [0.2, 0.25) is 5.02 Å². The molecule has 0 aliphatic carbocycles. The summed E-state index contributed by atoms with van der Waals surface area (Å²) in [6, 6.07) is 18.9. The third kappa shape index (κ3) is 4.21. The SMILES string of the molecule is Cc1ccc(N2C(=O)C[C@@H](C(=O)NCc3ccc(Cl)cc3)[C@@H]2c2cccs2)cc1. The van der Waals surface area contributed by atoms with E-state index in [1.54, 1.807) is 28.4 Å². The zero-order chi connectivity index (χ0) is 20.4. The predicted molar refractivity (Wildman–Crippen MR) is 117 cm³/mol. The molecule has 4 rings (SSSR count). The maximum atomic E-state index is 13.1. The molecule has 0 unspecified atom stereocenters. The minimum absolute atomic E-state index is 0.0288. The van der Waals surface area contributed by atoms with Gasteiger partial charge in [0.15, 0.2) is 0 Å². The first-order valence-electron chi connectivity index (χ1n) is 9.47. The third-order valence-corrected chi connectivity index (χ3v) is 6.38. The molecule has 0 radical (unpaired) electrons. The Labute approximate surface area is 179 Å². The normalized spacial score (nSPS) is 18.8. The van der Waals surface area contributed by atoms with Crippen molar-refractivity contribution in [1.29, 1.82) is 0 Å². The average Bonchev–Trinajstić information content (AvgIpc) is 3.36. The molecule has 2 atom stereocenters. The highest BCUT2D eigenvalue weighted by Crippen LogP contribution is 2.43. The molecule has 4 nitrogen and oxygen atoms in total. The van der Waals surface area contributed by atoms with E-state index in [1.807, 2.05) is 60.8 Å². The molecular formula is C23H21ClN2O2S. The summed E-state index contributed by atoms with van der Waals surface area (Å²) in [6.45, 7) is 2.42. The quantitative estimate of drug-likeness (QED) is 0.617. The van der Waals surface area contributed by atoms with Crippen LogP contribution >= 0.6 is 22.9 Å². The van der Waals surface area contributed by atoms with Crippen LogP contribution in [-0.4, -0.2) is 11.8 Å². The van der Waals surface area contributed by atoms with Gasteiger partial charge in [0.05, 0.1) is 12.0 Å². The molecule has 2 heterocycles. The summed E-state index contributed by atoms with van der Waals surface area (Å²) in [5.41, 5.74) is 2.92. The maximum absolute atomic E-state index is 13.1. The first-order chi connectivity index (χ1) is 14.0. The summed E-state index contributed by atoms with van der Waals surface area (Å²) in [5.74, 6) is -0.574. The summed E-state index contributed by atoms with van der Waals surface area (Å²) < 4.78 is 0. The van der Waals surface area contributed by atoms with E-state index in [0.717, 1.165) is 21.7 Å². The van der Waals surface area contributed by atoms with Crippen LogP contribution in [0, 0.1) is 12.8 Å². The number of nitrogens with zero attached hydrogens (tertiary/aromatic N) is 1. The van der Waals surface area contributed by atoms with Crippen LogP contribution < -0.4 is 10.2 Å². The fourth-order valence-corrected chi connectivity index (χ4v) is 4.69. The maximum Gasteiger partial charge on any atom is 0.228 e. The molecule has 1 aliphatic rings. The minimum Gasteiger partial charge on any atom is -0.352 e. The van der Waals surface area contributed by atoms with Gasteiger partial charge in [-0.05, 0) is 48.2 Å². The van der Waals surface area contributed by atoms with Crippen LogP contribution in [0.1, 0.15) is 28.5 Å². The predicted octanol–water partition coefficient (Wildman–Crippen LogP) is 5.12. The van der Waals surface area contributed by atoms with Gasteiger partial charge in [-0.15, -0.1) is 11.3 Å². The van der Waals surface area contributed by atoms with Gasteiger partial charge in [-0.2, -0.15) is 0 Å². The van der Waals surface area contributed by atoms with Gasteiger partial charge >= 0.3 is 0 Å². The monoisotopic (exact) mass is 424 g/mol. The molecule has 2 aromatic carbocycles. The van der Waals surface area contributed by atoms with Crippen LogP contribution in [0.15, 0.2) is 66.0 Å². The van der Waals surface area contributed by atoms with Gasteiger partial charge in [0.2, 0.25) is 11.8 Å². The first kappa shape index (κ1) is 19.7. The molecule has 1 N–H and O–H groups in total. The molecule has 29 heavy (non-hydrogen) atoms. The third-order valence-electron chi connectivity index (χ3n) is 5.19. The number of carbonyl (C=O) groups is 2. The smallest absolute Gasteiger partial charge is 0.228 e. The van der Waals surface area contributed by atoms with E-state index in [9.17, 15) is 9.59 Å². The van der Waals surface area contributed by atoms with Crippen molar-refractivity contribution < 1.29 is 9.59 Å². The number of rotatable bonds is 5. The molecule has 2 amide bonds. The van der Waals surface area contributed by atoms with Crippen LogP contribution in [0.5, 0.6) is 0 Å². The molecule has 1 saturated heterocycles. The number of amides is 2. The van der Waals surface area contributed by atoms with Crippen molar-refractivity contribution in [3.63, 3.8) is 0 Å². The number of carbonyl (C=O) groups excluding carboxylic acids is 2. The van der Waals surface area contributed by atoms with E-state index in [1.165, 1.54) is 0 Å². The van der Waals surface area contributed by atoms with E-state index >= 15 is 0 Å². The summed E-state index contributed by atoms with van der Waals surface area (Å²) in [5, 5.41) is 5.64. The van der Waals surface area contributed by atoms with Gasteiger partial charge in [0, 0.05) is 28.6 Å². The van der Waals surface area contributed by atoms with Crippen molar-refractivity contribution >= 4 is 40.4 Å². The lowest BCUT2D eigenvalue weighted by Gasteiger charge is -2.27. The van der Waals surface area contributed by atoms with Crippen molar-refractivity contribution in [3.8, 4) is 0 Å². The highest BCUT2D eigenvalue weighted by Gasteiger charge is 2.45. The van der Waals surface area contributed by atoms with Crippen molar-refractivity contribution in [1.82, 2.24) is 5.32 Å². The average molecular weight is 425 g/mol. The highest BCUT2D eigenvalue weighted by atomic mass is 35.5. The molecule has 0 spiro atoms. The van der Waals surface area contributed by atoms with Gasteiger partial charge in [-0.1, -0.05) is 47.5 Å². The fourth-order valence-electron chi connectivity index (χ4n) is 3.69. The van der Waals surface area contributed by atoms with Crippen molar-refractivity contribution in [2.24, 2.45) is 5.92 Å². The largest absolute Gasteiger partial charge is 0.352 e. The van der Waals surface area contributed by atoms with E-state index < -0.39 is 5.92 Å². The fraction of sp³-hybridized carbons (Fsp3) is 0.217. The van der Waals surface area contributed by atoms with Gasteiger partial charge < -0.3 is 10.2 Å². The second-order valence-electron chi connectivity index (χ2n) is 7.21. The molecule has 148 valence electrons. The Morgan fingerprint density at radius 3 is 2.52 bits per heavy atom. The lowest BCUT2D eigenvalue weighted by Crippen LogP contribution is -2.35. The summed E-state index contributed by atoms with van der Waals surface area (Å²) in [4.78, 5) is 28.8. The number of thiophene rings is 1. The van der Waals surface area contributed by atoms with Gasteiger partial charge in [0.1, 0.15) is 0 Å². The van der Waals surface area contributed by atoms with E-state index in [4.69, 9.17) is 11.6 Å². The Bertz CT molecular complexity index is 1000. The zero-order valence-corrected chi connectivity index (χ0v) is 17.5. The Balaban J connectivity index is 1.58. The number of hydrogen-bond acceptors (Lipinski definition) is 3. The molecular weight excluding hydrogens is 404 g/mol. The van der Waals surface area contributed by atoms with Crippen molar-refractivity contribution in [3.05, 3.63) is 87.1 Å². The molecule has 6 heteroatoms. The van der Waals surface area contributed by atoms with Crippen LogP contribution in [0.4, 0.5) is 5.69 Å². The highest BCUT2D eigenvalue weighted by molar-refractivity contribution is 7.10. The van der Waals surface area contributed by atoms with E-state index in [2.05, 4.69) is 5.32 Å². The molecule has 1 aromatic heterocycles. The van der Waals surface area contributed by atoms with E-state index in [0.29, 0.717) is 11.6 Å². The second kappa shape index (κ2) is 8.39. The van der Waals surface area contributed by atoms with Crippen LogP contribution in [0.25, 0.3) is 0 Å². The summed E-state index contributed by atoms with van der Waals surface area (Å²) in [7, 11) is 0. The lowest BCUT2D eigenvalue weighted by molar-refractivity contribution is -0.126. The number of aryl methyl sites for hydroxylation is 1. The van der Waals surface area contributed by atoms with Crippen LogP contribution in [0.3, 0.4) is 0 Å². The zero-order valence-electron chi connectivity index (χ0n) is 16.0. The molecule has 1 fully saturated rings. The van der Waals surface area contributed by atoms with Gasteiger partial charge in [-0.25, -0.2) is 0 Å². The summed E-state index contributed by atoms with van der Waals surface area (Å²) in [6.07, 6.45) is 0.197. The lowest BCUT2D eigenvalue weighted by atomic mass is 9.97. The van der Waals surface area contributed by atoms with E-state index in [-0.39, 0.29) is 24.3 Å². The first-order valence-corrected chi connectivity index (χ1v) is 10.7. The number of benzene rings is 2. The number of hydrogen-bond donors (Lipinski definition) is 1. The Morgan fingerprint density at radius 1 is 1.14 bits per heavy atom. The second-order valence-corrected chi connectivity index (χ2v) is 8.63. The topological polar surface area (TPSA) is 49.4 Å². The Morgan fingerprint density at radius 2 is 1.86 bits per heavy atom. The minimum atomic E-state index is -0.435. The molecule has 0 saturated carbocycles. The van der Waals surface area contributed by atoms with Crippen LogP contribution in [-0.2, 0) is 16.1 Å². The molecule has 1 aliphatic heterocycles. The number of anilines is 1. The Kier molecular flexibility index (Phi) is 5.69. The van der Waals surface area contributed by atoms with Crippen molar-refractivity contribution in [2.75, 3.05) is 4.90 Å². The van der Waals surface area contributed by atoms with Crippen molar-refractivity contribution in [2.45, 2.75) is 25.9 Å². The molecule has 0 bridgehead atoms. The standard InChI is InChI=1S/C23H21ClN2O2S/c1-15-4-10-18(11-5-15)26-21(27)13-19(22(26)20-3-2-12-29-20)23(28)25-14-16-6-8-17(24)9-7-16/h2-12,19,22H,13-14H2,1H3,(H,25,28)/t19-,22-/m1/s1. The number of halogens is 1. The van der Waals surface area contributed by atoms with Gasteiger partial charge in [0.25, 0.3) is 0 Å². The Hall–Kier alpha value is -2.63. The number of nitrogens with one attached hydrogen (secondary N) is 1.